The van der Waals surface area contributed by atoms with Crippen molar-refractivity contribution in [1.82, 2.24) is 15.2 Å². The Hall–Kier alpha value is -1.36. The predicted octanol–water partition coefficient (Wildman–Crippen LogP) is 0.108. The van der Waals surface area contributed by atoms with Gasteiger partial charge in [-0.1, -0.05) is 0 Å². The van der Waals surface area contributed by atoms with E-state index in [2.05, 4.69) is 10.3 Å². The van der Waals surface area contributed by atoms with Gasteiger partial charge in [0.15, 0.2) is 0 Å². The van der Waals surface area contributed by atoms with Gasteiger partial charge in [0.25, 0.3) is 5.89 Å². The van der Waals surface area contributed by atoms with Gasteiger partial charge in [-0.05, 0) is 18.9 Å². The van der Waals surface area contributed by atoms with Gasteiger partial charge in [-0.2, -0.15) is 0 Å². The molecule has 1 amide bonds. The van der Waals surface area contributed by atoms with Gasteiger partial charge >= 0.3 is 5.91 Å². The summed E-state index contributed by atoms with van der Waals surface area (Å²) in [6.07, 6.45) is 4.06. The predicted molar refractivity (Wildman–Crippen MR) is 52.3 cm³/mol. The summed E-state index contributed by atoms with van der Waals surface area (Å²) >= 11 is 0. The number of rotatable bonds is 1. The summed E-state index contributed by atoms with van der Waals surface area (Å²) in [7, 11) is 0. The highest BCUT2D eigenvalue weighted by Crippen LogP contribution is 2.26. The largest absolute Gasteiger partial charge is 0.441 e. The van der Waals surface area contributed by atoms with Crippen molar-refractivity contribution >= 4 is 5.91 Å². The van der Waals surface area contributed by atoms with E-state index in [0.717, 1.165) is 26.1 Å². The molecule has 15 heavy (non-hydrogen) atoms. The van der Waals surface area contributed by atoms with Crippen LogP contribution in [0.4, 0.5) is 0 Å². The lowest BCUT2D eigenvalue weighted by molar-refractivity contribution is 0.0699. The lowest BCUT2D eigenvalue weighted by Crippen LogP contribution is -2.41. The molecule has 0 saturated carbocycles. The lowest BCUT2D eigenvalue weighted by Gasteiger charge is -2.23. The van der Waals surface area contributed by atoms with Crippen LogP contribution in [0.2, 0.25) is 0 Å². The Morgan fingerprint density at radius 1 is 1.60 bits per heavy atom. The molecule has 0 aromatic carbocycles. The normalized spacial score (nSPS) is 29.5. The van der Waals surface area contributed by atoms with Crippen LogP contribution in [0.15, 0.2) is 16.9 Å². The minimum atomic E-state index is -0.0730. The zero-order valence-corrected chi connectivity index (χ0v) is 8.35. The molecular weight excluding hydrogens is 194 g/mol. The maximum absolute atomic E-state index is 12.0. The molecule has 2 saturated heterocycles. The highest BCUT2D eigenvalue weighted by atomic mass is 16.4. The van der Waals surface area contributed by atoms with Crippen LogP contribution < -0.4 is 5.32 Å². The fourth-order valence-corrected chi connectivity index (χ4v) is 2.51. The van der Waals surface area contributed by atoms with Crippen molar-refractivity contribution in [2.45, 2.75) is 12.5 Å². The maximum atomic E-state index is 12.0. The molecule has 1 aromatic heterocycles. The van der Waals surface area contributed by atoms with E-state index < -0.39 is 0 Å². The summed E-state index contributed by atoms with van der Waals surface area (Å²) in [6.45, 7) is 2.74. The van der Waals surface area contributed by atoms with Crippen molar-refractivity contribution in [2.75, 3.05) is 19.6 Å². The fourth-order valence-electron chi connectivity index (χ4n) is 2.51. The molecule has 2 bridgehead atoms. The third kappa shape index (κ3) is 1.43. The molecule has 3 heterocycles. The van der Waals surface area contributed by atoms with Gasteiger partial charge in [0.05, 0.1) is 6.20 Å². The highest BCUT2D eigenvalue weighted by molar-refractivity contribution is 5.90. The Morgan fingerprint density at radius 3 is 3.27 bits per heavy atom. The third-order valence-corrected chi connectivity index (χ3v) is 3.19. The first-order chi connectivity index (χ1) is 7.34. The number of nitrogens with one attached hydrogen (secondary N) is 1. The quantitative estimate of drug-likeness (QED) is 0.710. The first-order valence-electron chi connectivity index (χ1n) is 5.26. The Balaban J connectivity index is 1.80. The van der Waals surface area contributed by atoms with Crippen LogP contribution in [0.3, 0.4) is 0 Å². The summed E-state index contributed by atoms with van der Waals surface area (Å²) in [5.41, 5.74) is 0. The molecule has 2 aliphatic rings. The summed E-state index contributed by atoms with van der Waals surface area (Å²) < 4.78 is 5.03. The van der Waals surface area contributed by atoms with Gasteiger partial charge in [-0.3, -0.25) is 4.79 Å². The zero-order chi connectivity index (χ0) is 10.3. The van der Waals surface area contributed by atoms with Crippen LogP contribution in [0.5, 0.6) is 0 Å². The Bertz CT molecular complexity index is 363. The molecule has 3 rings (SSSR count). The number of oxazole rings is 1. The SMILES string of the molecule is O=C(c1ncco1)N1CC2CNCC1C2. The van der Waals surface area contributed by atoms with Crippen LogP contribution in [0.1, 0.15) is 17.1 Å². The molecule has 1 N–H and O–H groups in total. The molecule has 5 heteroatoms. The van der Waals surface area contributed by atoms with Crippen molar-refractivity contribution < 1.29 is 9.21 Å². The van der Waals surface area contributed by atoms with E-state index >= 15 is 0 Å². The molecule has 2 fully saturated rings. The number of carbonyl (C=O) groups is 1. The second-order valence-corrected chi connectivity index (χ2v) is 4.21. The summed E-state index contributed by atoms with van der Waals surface area (Å²) in [6, 6.07) is 0.322. The number of nitrogens with zero attached hydrogens (tertiary/aromatic N) is 2. The Labute approximate surface area is 87.5 Å². The summed E-state index contributed by atoms with van der Waals surface area (Å²) in [4.78, 5) is 17.8. The van der Waals surface area contributed by atoms with E-state index in [9.17, 15) is 4.79 Å². The van der Waals surface area contributed by atoms with Crippen molar-refractivity contribution in [1.29, 1.82) is 0 Å². The van der Waals surface area contributed by atoms with Gasteiger partial charge in [0.1, 0.15) is 6.26 Å². The molecule has 2 unspecified atom stereocenters. The van der Waals surface area contributed by atoms with Gasteiger partial charge in [0.2, 0.25) is 0 Å². The number of fused-ring (bicyclic) bond motifs is 2. The zero-order valence-electron chi connectivity index (χ0n) is 8.35. The Kier molecular flexibility index (Phi) is 1.98. The number of hydrogen-bond donors (Lipinski definition) is 1. The molecule has 5 nitrogen and oxygen atoms in total. The van der Waals surface area contributed by atoms with E-state index in [1.54, 1.807) is 0 Å². The van der Waals surface area contributed by atoms with Crippen LogP contribution in [-0.2, 0) is 0 Å². The molecule has 1 aromatic rings. The monoisotopic (exact) mass is 207 g/mol. The highest BCUT2D eigenvalue weighted by Gasteiger charge is 2.39. The number of likely N-dealkylation sites (tertiary alicyclic amines) is 1. The van der Waals surface area contributed by atoms with Crippen LogP contribution >= 0.6 is 0 Å². The lowest BCUT2D eigenvalue weighted by atomic mass is 10.0. The molecule has 2 aliphatic heterocycles. The molecule has 0 aliphatic carbocycles. The van der Waals surface area contributed by atoms with Crippen LogP contribution in [0, 0.1) is 5.92 Å². The topological polar surface area (TPSA) is 58.4 Å². The average Bonchev–Trinajstić information content (AvgIpc) is 2.86. The second kappa shape index (κ2) is 3.34. The van der Waals surface area contributed by atoms with Crippen LogP contribution in [0.25, 0.3) is 0 Å². The molecule has 2 atom stereocenters. The van der Waals surface area contributed by atoms with Gasteiger partial charge in [-0.25, -0.2) is 4.98 Å². The van der Waals surface area contributed by atoms with E-state index in [1.165, 1.54) is 12.5 Å². The van der Waals surface area contributed by atoms with E-state index in [4.69, 9.17) is 4.42 Å². The number of hydrogen-bond acceptors (Lipinski definition) is 4. The maximum Gasteiger partial charge on any atom is 0.310 e. The number of amides is 1. The first-order valence-corrected chi connectivity index (χ1v) is 5.26. The molecular formula is C10H13N3O2. The van der Waals surface area contributed by atoms with Crippen molar-refractivity contribution in [3.8, 4) is 0 Å². The minimum absolute atomic E-state index is 0.0730. The van der Waals surface area contributed by atoms with E-state index in [1.807, 2.05) is 4.90 Å². The molecule has 80 valence electrons. The van der Waals surface area contributed by atoms with E-state index in [-0.39, 0.29) is 11.8 Å². The number of aromatic nitrogens is 1. The fraction of sp³-hybridized carbons (Fsp3) is 0.600. The van der Waals surface area contributed by atoms with Crippen molar-refractivity contribution in [2.24, 2.45) is 5.92 Å². The smallest absolute Gasteiger partial charge is 0.310 e. The summed E-state index contributed by atoms with van der Waals surface area (Å²) in [5.74, 6) is 0.737. The molecule has 0 radical (unpaired) electrons. The standard InChI is InChI=1S/C10H13N3O2/c14-10(9-12-1-2-15-9)13-6-7-3-8(13)5-11-4-7/h1-2,7-8,11H,3-6H2. The minimum Gasteiger partial charge on any atom is -0.441 e. The van der Waals surface area contributed by atoms with Gasteiger partial charge in [-0.15, -0.1) is 0 Å². The van der Waals surface area contributed by atoms with Gasteiger partial charge < -0.3 is 14.6 Å². The third-order valence-electron chi connectivity index (χ3n) is 3.19. The Morgan fingerprint density at radius 2 is 2.53 bits per heavy atom. The molecule has 0 spiro atoms. The second-order valence-electron chi connectivity index (χ2n) is 4.21. The summed E-state index contributed by atoms with van der Waals surface area (Å²) in [5, 5.41) is 3.33. The van der Waals surface area contributed by atoms with Crippen LogP contribution in [-0.4, -0.2) is 41.5 Å². The van der Waals surface area contributed by atoms with Gasteiger partial charge in [0, 0.05) is 19.1 Å². The number of piperidine rings is 1. The number of carbonyl (C=O) groups excluding carboxylic acids is 1. The first kappa shape index (κ1) is 8.91. The van der Waals surface area contributed by atoms with Crippen molar-refractivity contribution in [3.05, 3.63) is 18.4 Å². The van der Waals surface area contributed by atoms with E-state index in [0.29, 0.717) is 12.0 Å². The van der Waals surface area contributed by atoms with Crippen molar-refractivity contribution in [3.63, 3.8) is 0 Å². The average molecular weight is 207 g/mol.